The number of aryl methyl sites for hydroxylation is 1. The first-order chi connectivity index (χ1) is 21.7. The van der Waals surface area contributed by atoms with Crippen molar-refractivity contribution < 1.29 is 26.7 Å². The Morgan fingerprint density at radius 3 is 2.69 bits per heavy atom. The molecule has 0 radical (unpaired) electrons. The summed E-state index contributed by atoms with van der Waals surface area (Å²) in [5.41, 5.74) is 2.55. The second-order valence-corrected chi connectivity index (χ2v) is 13.9. The maximum Gasteiger partial charge on any atom is 0.152 e. The Bertz CT molecular complexity index is 1890. The van der Waals surface area contributed by atoms with E-state index in [0.717, 1.165) is 5.01 Å². The number of anilines is 2. The smallest absolute Gasteiger partial charge is 0.152 e. The molecule has 3 aromatic carbocycles. The van der Waals surface area contributed by atoms with Gasteiger partial charge < -0.3 is 14.8 Å². The SMILES string of the molecule is CCCS(=O)(=O)CCOCCCc1nc(-c2cc3c(Nc4ccc(OCc5cccc(F)c5)c(Cl)c4)ncnc3cc2F)cs1. The Hall–Kier alpha value is -3.71. The minimum atomic E-state index is -3.06. The number of nitrogens with one attached hydrogen (secondary N) is 1. The van der Waals surface area contributed by atoms with Crippen molar-refractivity contribution >= 4 is 55.2 Å². The van der Waals surface area contributed by atoms with E-state index in [-0.39, 0.29) is 30.5 Å². The summed E-state index contributed by atoms with van der Waals surface area (Å²) in [5.74, 6) is 0.296. The summed E-state index contributed by atoms with van der Waals surface area (Å²) in [6.45, 7) is 2.58. The lowest BCUT2D eigenvalue weighted by molar-refractivity contribution is 0.146. The first-order valence-electron chi connectivity index (χ1n) is 14.3. The number of aromatic nitrogens is 3. The highest BCUT2D eigenvalue weighted by molar-refractivity contribution is 7.91. The number of fused-ring (bicyclic) bond motifs is 1. The molecule has 0 aliphatic heterocycles. The number of benzene rings is 3. The van der Waals surface area contributed by atoms with Gasteiger partial charge in [-0.15, -0.1) is 11.3 Å². The molecule has 0 bridgehead atoms. The van der Waals surface area contributed by atoms with Crippen molar-refractivity contribution in [1.82, 2.24) is 15.0 Å². The van der Waals surface area contributed by atoms with Gasteiger partial charge in [0, 0.05) is 46.9 Å². The molecule has 236 valence electrons. The molecular formula is C32H31ClF2N4O4S2. The summed E-state index contributed by atoms with van der Waals surface area (Å²) in [4.78, 5) is 13.2. The van der Waals surface area contributed by atoms with Gasteiger partial charge in [0.15, 0.2) is 9.84 Å². The van der Waals surface area contributed by atoms with Crippen LogP contribution in [-0.4, -0.2) is 48.1 Å². The minimum absolute atomic E-state index is 0.0226. The minimum Gasteiger partial charge on any atom is -0.487 e. The second-order valence-electron chi connectivity index (χ2n) is 10.3. The van der Waals surface area contributed by atoms with Gasteiger partial charge in [0.1, 0.15) is 36.1 Å². The van der Waals surface area contributed by atoms with Crippen LogP contribution in [0.3, 0.4) is 0 Å². The molecule has 13 heteroatoms. The standard InChI is InChI=1S/C32H31ClF2N4O4S2/c1-2-12-45(40,41)13-11-42-10-4-7-31-39-29(19-44-31)24-16-25-28(17-27(24)35)36-20-37-32(25)38-23-8-9-30(26(33)15-23)43-18-21-5-3-6-22(34)14-21/h3,5-6,8-9,14-17,19-20H,2,4,7,10-13,18H2,1H3,(H,36,37,38). The van der Waals surface area contributed by atoms with E-state index in [1.807, 2.05) is 6.92 Å². The lowest BCUT2D eigenvalue weighted by atomic mass is 10.1. The van der Waals surface area contributed by atoms with Crippen molar-refractivity contribution in [2.24, 2.45) is 0 Å². The Labute approximate surface area is 269 Å². The Morgan fingerprint density at radius 1 is 1.02 bits per heavy atom. The van der Waals surface area contributed by atoms with E-state index in [9.17, 15) is 12.8 Å². The first kappa shape index (κ1) is 32.7. The van der Waals surface area contributed by atoms with Crippen LogP contribution in [0.1, 0.15) is 30.3 Å². The van der Waals surface area contributed by atoms with Crippen molar-refractivity contribution in [2.45, 2.75) is 32.8 Å². The van der Waals surface area contributed by atoms with Crippen LogP contribution >= 0.6 is 22.9 Å². The van der Waals surface area contributed by atoms with Gasteiger partial charge >= 0.3 is 0 Å². The molecule has 0 unspecified atom stereocenters. The predicted molar refractivity (Wildman–Crippen MR) is 174 cm³/mol. The van der Waals surface area contributed by atoms with Crippen LogP contribution < -0.4 is 10.1 Å². The third kappa shape index (κ3) is 8.94. The molecule has 1 N–H and O–H groups in total. The fraction of sp³-hybridized carbons (Fsp3) is 0.281. The van der Waals surface area contributed by atoms with E-state index in [0.29, 0.717) is 75.9 Å². The molecule has 0 amide bonds. The van der Waals surface area contributed by atoms with Crippen LogP contribution in [0, 0.1) is 11.6 Å². The maximum absolute atomic E-state index is 15.2. The van der Waals surface area contributed by atoms with E-state index in [4.69, 9.17) is 21.1 Å². The number of hydrogen-bond acceptors (Lipinski definition) is 9. The zero-order valence-electron chi connectivity index (χ0n) is 24.4. The summed E-state index contributed by atoms with van der Waals surface area (Å²) in [6, 6.07) is 14.3. The average Bonchev–Trinajstić information content (AvgIpc) is 3.47. The Morgan fingerprint density at radius 2 is 1.89 bits per heavy atom. The van der Waals surface area contributed by atoms with Crippen LogP contribution in [0.15, 0.2) is 66.3 Å². The molecule has 0 aliphatic carbocycles. The monoisotopic (exact) mass is 672 g/mol. The molecule has 5 aromatic rings. The van der Waals surface area contributed by atoms with Crippen molar-refractivity contribution in [2.75, 3.05) is 30.0 Å². The number of hydrogen-bond donors (Lipinski definition) is 1. The van der Waals surface area contributed by atoms with Crippen LogP contribution in [0.4, 0.5) is 20.3 Å². The lowest BCUT2D eigenvalue weighted by Crippen LogP contribution is -2.15. The quantitative estimate of drug-likeness (QED) is 0.113. The third-order valence-corrected chi connectivity index (χ3v) is 9.79. The van der Waals surface area contributed by atoms with Gasteiger partial charge in [0.05, 0.1) is 33.6 Å². The van der Waals surface area contributed by atoms with Crippen molar-refractivity contribution in [3.63, 3.8) is 0 Å². The molecule has 2 aromatic heterocycles. The number of ether oxygens (including phenoxy) is 2. The van der Waals surface area contributed by atoms with E-state index in [2.05, 4.69) is 20.3 Å². The van der Waals surface area contributed by atoms with Gasteiger partial charge in [-0.2, -0.15) is 0 Å². The molecule has 0 atom stereocenters. The Balaban J connectivity index is 1.24. The highest BCUT2D eigenvalue weighted by atomic mass is 35.5. The molecule has 0 spiro atoms. The number of rotatable bonds is 15. The topological polar surface area (TPSA) is 103 Å². The molecule has 45 heavy (non-hydrogen) atoms. The fourth-order valence-electron chi connectivity index (χ4n) is 4.57. The molecule has 0 saturated carbocycles. The number of halogens is 3. The number of nitrogens with zero attached hydrogens (tertiary/aromatic N) is 3. The molecule has 0 fully saturated rings. The van der Waals surface area contributed by atoms with Crippen LogP contribution in [0.5, 0.6) is 5.75 Å². The molecule has 8 nitrogen and oxygen atoms in total. The van der Waals surface area contributed by atoms with E-state index in [1.54, 1.807) is 41.8 Å². The zero-order valence-corrected chi connectivity index (χ0v) is 26.8. The summed E-state index contributed by atoms with van der Waals surface area (Å²) < 4.78 is 63.5. The van der Waals surface area contributed by atoms with E-state index < -0.39 is 15.7 Å². The zero-order chi connectivity index (χ0) is 31.8. The largest absolute Gasteiger partial charge is 0.487 e. The summed E-state index contributed by atoms with van der Waals surface area (Å²) in [6.07, 6.45) is 3.24. The summed E-state index contributed by atoms with van der Waals surface area (Å²) in [5, 5.41) is 6.80. The summed E-state index contributed by atoms with van der Waals surface area (Å²) >= 11 is 7.89. The second kappa shape index (κ2) is 15.0. The van der Waals surface area contributed by atoms with E-state index >= 15 is 4.39 Å². The van der Waals surface area contributed by atoms with Gasteiger partial charge in [-0.3, -0.25) is 0 Å². The Kier molecular flexibility index (Phi) is 10.9. The van der Waals surface area contributed by atoms with Crippen molar-refractivity contribution in [1.29, 1.82) is 0 Å². The van der Waals surface area contributed by atoms with E-state index in [1.165, 1.54) is 35.9 Å². The van der Waals surface area contributed by atoms with Gasteiger partial charge in [-0.1, -0.05) is 30.7 Å². The molecule has 0 saturated heterocycles. The van der Waals surface area contributed by atoms with Crippen LogP contribution in [-0.2, 0) is 27.6 Å². The molecule has 5 rings (SSSR count). The van der Waals surface area contributed by atoms with Gasteiger partial charge in [0.2, 0.25) is 0 Å². The van der Waals surface area contributed by atoms with Gasteiger partial charge in [-0.25, -0.2) is 32.2 Å². The van der Waals surface area contributed by atoms with Crippen molar-refractivity contribution in [3.8, 4) is 17.0 Å². The normalized spacial score (nSPS) is 11.6. The maximum atomic E-state index is 15.2. The van der Waals surface area contributed by atoms with Crippen LogP contribution in [0.25, 0.3) is 22.2 Å². The van der Waals surface area contributed by atoms with Gasteiger partial charge in [-0.05, 0) is 54.8 Å². The van der Waals surface area contributed by atoms with Gasteiger partial charge in [0.25, 0.3) is 0 Å². The molecule has 2 heterocycles. The summed E-state index contributed by atoms with van der Waals surface area (Å²) in [7, 11) is -3.06. The first-order valence-corrected chi connectivity index (χ1v) is 17.4. The lowest BCUT2D eigenvalue weighted by Gasteiger charge is -2.12. The highest BCUT2D eigenvalue weighted by Crippen LogP contribution is 2.34. The molecule has 0 aliphatic rings. The van der Waals surface area contributed by atoms with Crippen molar-refractivity contribution in [3.05, 3.63) is 93.5 Å². The third-order valence-electron chi connectivity index (χ3n) is 6.76. The number of thiazole rings is 1. The van der Waals surface area contributed by atoms with Crippen LogP contribution in [0.2, 0.25) is 5.02 Å². The molecular weight excluding hydrogens is 642 g/mol. The highest BCUT2D eigenvalue weighted by Gasteiger charge is 2.15. The average molecular weight is 673 g/mol. The fourth-order valence-corrected chi connectivity index (χ4v) is 6.84. The predicted octanol–water partition coefficient (Wildman–Crippen LogP) is 7.78. The number of sulfone groups is 1.